The molecular weight excluding hydrogens is 408 g/mol. The van der Waals surface area contributed by atoms with Crippen molar-refractivity contribution in [3.8, 4) is 0 Å². The van der Waals surface area contributed by atoms with Gasteiger partial charge >= 0.3 is 0 Å². The maximum Gasteiger partial charge on any atom is 0.241 e. The molecule has 0 saturated heterocycles. The summed E-state index contributed by atoms with van der Waals surface area (Å²) in [6.07, 6.45) is 16.7. The van der Waals surface area contributed by atoms with Crippen molar-refractivity contribution in [2.45, 2.75) is 112 Å². The van der Waals surface area contributed by atoms with Crippen molar-refractivity contribution in [3.05, 3.63) is 54.7 Å². The van der Waals surface area contributed by atoms with Crippen molar-refractivity contribution in [3.63, 3.8) is 0 Å². The molecule has 33 heavy (non-hydrogen) atoms. The van der Waals surface area contributed by atoms with Gasteiger partial charge in [-0.3, -0.25) is 0 Å². The second kappa shape index (κ2) is 13.4. The second-order valence-electron chi connectivity index (χ2n) is 10.3. The second-order valence-corrected chi connectivity index (χ2v) is 10.3. The summed E-state index contributed by atoms with van der Waals surface area (Å²) in [7, 11) is 0. The molecule has 6 nitrogen and oxygen atoms in total. The van der Waals surface area contributed by atoms with Crippen molar-refractivity contribution < 1.29 is 13.7 Å². The van der Waals surface area contributed by atoms with Gasteiger partial charge in [0.1, 0.15) is 35.7 Å². The first kappa shape index (κ1) is 26.9. The van der Waals surface area contributed by atoms with E-state index < -0.39 is 0 Å². The molecule has 0 aromatic carbocycles. The van der Waals surface area contributed by atoms with Gasteiger partial charge in [0.2, 0.25) is 19.0 Å². The third-order valence-electron chi connectivity index (χ3n) is 6.26. The number of hydrogen-bond acceptors (Lipinski definition) is 0. The summed E-state index contributed by atoms with van der Waals surface area (Å²) in [5, 5.41) is 0. The summed E-state index contributed by atoms with van der Waals surface area (Å²) in [6.45, 7) is 21.0. The molecule has 3 aromatic rings. The van der Waals surface area contributed by atoms with Gasteiger partial charge in [0, 0.05) is 23.7 Å². The van der Waals surface area contributed by atoms with Crippen LogP contribution in [0.25, 0.3) is 0 Å². The maximum absolute atomic E-state index is 3.37. The fourth-order valence-electron chi connectivity index (χ4n) is 3.77. The van der Waals surface area contributed by atoms with Crippen LogP contribution < -0.4 is 13.7 Å². The average Bonchev–Trinajstić information content (AvgIpc) is 3.53. The number of hydrogen-bond donors (Lipinski definition) is 3. The van der Waals surface area contributed by atoms with Crippen LogP contribution in [0, 0.1) is 5.92 Å². The van der Waals surface area contributed by atoms with Crippen molar-refractivity contribution in [1.82, 2.24) is 15.0 Å². The van der Waals surface area contributed by atoms with E-state index in [1.54, 1.807) is 0 Å². The molecule has 0 atom stereocenters. The van der Waals surface area contributed by atoms with Gasteiger partial charge in [0.05, 0.1) is 19.6 Å². The highest BCUT2D eigenvalue weighted by Gasteiger charge is 2.18. The predicted octanol–water partition coefficient (Wildman–Crippen LogP) is 5.12. The third-order valence-corrected chi connectivity index (χ3v) is 6.26. The van der Waals surface area contributed by atoms with Crippen LogP contribution in [0.1, 0.15) is 109 Å². The molecule has 0 spiro atoms. The smallest absolute Gasteiger partial charge is 0.241 e. The van der Waals surface area contributed by atoms with Gasteiger partial charge < -0.3 is 0 Å². The number of unbranched alkanes of at least 4 members (excludes halogenated alkanes) is 1. The number of aromatic amines is 3. The van der Waals surface area contributed by atoms with E-state index in [9.17, 15) is 0 Å². The molecule has 6 heteroatoms. The monoisotopic (exact) mass is 457 g/mol. The van der Waals surface area contributed by atoms with Gasteiger partial charge in [0.25, 0.3) is 0 Å². The van der Waals surface area contributed by atoms with E-state index in [-0.39, 0.29) is 0 Å². The molecule has 3 rings (SSSR count). The minimum Gasteiger partial charge on any atom is -0.247 e. The largest absolute Gasteiger partial charge is 0.247 e. The molecule has 3 heterocycles. The number of rotatable bonds is 11. The van der Waals surface area contributed by atoms with Crippen LogP contribution in [0.3, 0.4) is 0 Å². The summed E-state index contributed by atoms with van der Waals surface area (Å²) in [5.41, 5.74) is 3.94. The Hall–Kier alpha value is -2.37. The lowest BCUT2D eigenvalue weighted by atomic mass is 10.1. The molecule has 184 valence electrons. The van der Waals surface area contributed by atoms with Gasteiger partial charge in [-0.05, 0) is 12.8 Å². The van der Waals surface area contributed by atoms with Crippen LogP contribution in [0.5, 0.6) is 0 Å². The van der Waals surface area contributed by atoms with E-state index in [4.69, 9.17) is 0 Å². The maximum atomic E-state index is 3.37. The molecule has 0 radical (unpaired) electrons. The quantitative estimate of drug-likeness (QED) is 0.335. The van der Waals surface area contributed by atoms with Crippen LogP contribution in [0.15, 0.2) is 37.6 Å². The number of nitrogens with zero attached hydrogens (tertiary/aromatic N) is 3. The number of aryl methyl sites for hydroxylation is 1. The third kappa shape index (κ3) is 8.82. The van der Waals surface area contributed by atoms with Crippen molar-refractivity contribution in [2.75, 3.05) is 0 Å². The average molecular weight is 458 g/mol. The van der Waals surface area contributed by atoms with Crippen LogP contribution >= 0.6 is 0 Å². The summed E-state index contributed by atoms with van der Waals surface area (Å²) >= 11 is 0. The van der Waals surface area contributed by atoms with Gasteiger partial charge in [0.15, 0.2) is 0 Å². The summed E-state index contributed by atoms with van der Waals surface area (Å²) in [6, 6.07) is 0. The van der Waals surface area contributed by atoms with Crippen LogP contribution in [0.4, 0.5) is 0 Å². The first-order valence-electron chi connectivity index (χ1n) is 12.9. The van der Waals surface area contributed by atoms with E-state index >= 15 is 0 Å². The van der Waals surface area contributed by atoms with E-state index in [2.05, 4.69) is 122 Å². The molecule has 0 aliphatic carbocycles. The molecule has 0 aliphatic heterocycles. The highest BCUT2D eigenvalue weighted by atomic mass is 15.1. The lowest BCUT2D eigenvalue weighted by Crippen LogP contribution is -2.42. The molecule has 0 bridgehead atoms. The Balaban J connectivity index is 0.000000273. The number of nitrogens with one attached hydrogen (secondary N) is 3. The Kier molecular flexibility index (Phi) is 10.9. The molecule has 0 amide bonds. The molecular formula is C27H49N6+3. The zero-order valence-corrected chi connectivity index (χ0v) is 22.4. The minimum atomic E-state index is 0.555. The van der Waals surface area contributed by atoms with Gasteiger partial charge in [-0.25, -0.2) is 28.7 Å². The normalized spacial score (nSPS) is 11.6. The van der Waals surface area contributed by atoms with E-state index in [1.807, 2.05) is 0 Å². The molecule has 3 N–H and O–H groups in total. The van der Waals surface area contributed by atoms with Crippen molar-refractivity contribution in [2.24, 2.45) is 5.92 Å². The first-order valence-corrected chi connectivity index (χ1v) is 12.9. The Morgan fingerprint density at radius 1 is 0.636 bits per heavy atom. The summed E-state index contributed by atoms with van der Waals surface area (Å²) in [5.74, 6) is 2.36. The van der Waals surface area contributed by atoms with Gasteiger partial charge in [-0.2, -0.15) is 0 Å². The number of H-pyrrole nitrogens is 3. The SMILES string of the molecule is CCC(C[n+]1c[nH]c(C(C)C)c1)C[n+]1c[nH]c(C(C)C)c1.CCCC[n+]1c[nH]c(C(C)C)c1. The van der Waals surface area contributed by atoms with Gasteiger partial charge in [-0.1, -0.05) is 61.8 Å². The summed E-state index contributed by atoms with van der Waals surface area (Å²) < 4.78 is 6.82. The Morgan fingerprint density at radius 3 is 1.36 bits per heavy atom. The Labute approximate surface area is 201 Å². The summed E-state index contributed by atoms with van der Waals surface area (Å²) in [4.78, 5) is 10.0. The first-order chi connectivity index (χ1) is 15.7. The molecule has 0 aliphatic rings. The standard InChI is InChI=1S/C17H28N4.C10H18N2/c1-6-15(7-20-9-16(13(2)3)18-11-20)8-21-10-17(14(4)5)19-12-21;1-4-5-6-12-7-10(9(2)3)11-8-12/h9-15H,6-8H2,1-5H3;7-9H,4-6H2,1-3H3/p+3. The van der Waals surface area contributed by atoms with E-state index in [0.29, 0.717) is 23.7 Å². The Bertz CT molecular complexity index is 866. The Morgan fingerprint density at radius 2 is 1.03 bits per heavy atom. The molecule has 3 aromatic heterocycles. The molecule has 0 fully saturated rings. The highest BCUT2D eigenvalue weighted by molar-refractivity contribution is 4.97. The van der Waals surface area contributed by atoms with Crippen molar-refractivity contribution in [1.29, 1.82) is 0 Å². The van der Waals surface area contributed by atoms with Crippen LogP contribution in [0.2, 0.25) is 0 Å². The lowest BCUT2D eigenvalue weighted by molar-refractivity contribution is -0.736. The van der Waals surface area contributed by atoms with E-state index in [1.165, 1.54) is 36.3 Å². The topological polar surface area (TPSA) is 59.0 Å². The molecule has 0 unspecified atom stereocenters. The lowest BCUT2D eigenvalue weighted by Gasteiger charge is -2.09. The zero-order chi connectivity index (χ0) is 24.4. The number of aromatic nitrogens is 6. The fraction of sp³-hybridized carbons (Fsp3) is 0.667. The van der Waals surface area contributed by atoms with Crippen LogP contribution in [-0.2, 0) is 19.6 Å². The van der Waals surface area contributed by atoms with Crippen LogP contribution in [-0.4, -0.2) is 15.0 Å². The van der Waals surface area contributed by atoms with E-state index in [0.717, 1.165) is 19.6 Å². The van der Waals surface area contributed by atoms with Crippen molar-refractivity contribution >= 4 is 0 Å². The van der Waals surface area contributed by atoms with Gasteiger partial charge in [-0.15, -0.1) is 0 Å². The molecule has 0 saturated carbocycles. The highest BCUT2D eigenvalue weighted by Crippen LogP contribution is 2.11. The predicted molar refractivity (Wildman–Crippen MR) is 134 cm³/mol. The fourth-order valence-corrected chi connectivity index (χ4v) is 3.77. The zero-order valence-electron chi connectivity index (χ0n) is 22.4. The number of imidazole rings is 3. The minimum absolute atomic E-state index is 0.555.